The van der Waals surface area contributed by atoms with Gasteiger partial charge in [-0.1, -0.05) is 42.5 Å². The lowest BCUT2D eigenvalue weighted by Crippen LogP contribution is -2.32. The van der Waals surface area contributed by atoms with Gasteiger partial charge in [-0.25, -0.2) is 14.6 Å². The molecule has 4 rings (SSSR count). The molecule has 0 spiro atoms. The SMILES string of the molecule is COC(=O)C1=C(C)NC(C)=C(C(=O)OCC=Cc2ccc(Cn3ccnc3)cc2)C1c1cccc(I)c1. The predicted octanol–water partition coefficient (Wildman–Crippen LogP) is 5.20. The van der Waals surface area contributed by atoms with Gasteiger partial charge in [0.25, 0.3) is 0 Å². The van der Waals surface area contributed by atoms with E-state index in [-0.39, 0.29) is 6.61 Å². The molecule has 0 radical (unpaired) electrons. The lowest BCUT2D eigenvalue weighted by molar-refractivity contribution is -0.138. The lowest BCUT2D eigenvalue weighted by Gasteiger charge is -2.30. The third kappa shape index (κ3) is 6.37. The fraction of sp³-hybridized carbons (Fsp3) is 0.207. The standard InChI is InChI=1S/C29H28IN3O4/c1-19-25(28(34)36-3)27(23-7-4-8-24(30)16-23)26(20(2)32-19)29(35)37-15-5-6-21-9-11-22(12-10-21)17-33-14-13-31-18-33/h4-14,16,18,27,32H,15,17H2,1-3H3. The van der Waals surface area contributed by atoms with Gasteiger partial charge in [-0.3, -0.25) is 0 Å². The normalized spacial score (nSPS) is 15.6. The highest BCUT2D eigenvalue weighted by atomic mass is 127. The van der Waals surface area contributed by atoms with Gasteiger partial charge in [0.1, 0.15) is 6.61 Å². The van der Waals surface area contributed by atoms with Gasteiger partial charge in [0.15, 0.2) is 0 Å². The Morgan fingerprint density at radius 1 is 1.08 bits per heavy atom. The first kappa shape index (κ1) is 26.4. The maximum Gasteiger partial charge on any atom is 0.337 e. The smallest absolute Gasteiger partial charge is 0.337 e. The number of hydrogen-bond donors (Lipinski definition) is 1. The summed E-state index contributed by atoms with van der Waals surface area (Å²) >= 11 is 2.22. The highest BCUT2D eigenvalue weighted by Crippen LogP contribution is 2.39. The minimum atomic E-state index is -0.595. The summed E-state index contributed by atoms with van der Waals surface area (Å²) in [5, 5.41) is 3.16. The Morgan fingerprint density at radius 3 is 2.46 bits per heavy atom. The molecule has 3 aromatic rings. The molecule has 1 N–H and O–H groups in total. The van der Waals surface area contributed by atoms with Gasteiger partial charge in [0.2, 0.25) is 0 Å². The van der Waals surface area contributed by atoms with Crippen molar-refractivity contribution in [1.29, 1.82) is 0 Å². The average Bonchev–Trinajstić information content (AvgIpc) is 3.39. The van der Waals surface area contributed by atoms with Crippen LogP contribution in [0.5, 0.6) is 0 Å². The van der Waals surface area contributed by atoms with Crippen molar-refractivity contribution in [3.8, 4) is 0 Å². The zero-order valence-electron chi connectivity index (χ0n) is 20.9. The third-order valence-corrected chi connectivity index (χ3v) is 6.76. The van der Waals surface area contributed by atoms with Gasteiger partial charge in [0, 0.05) is 33.9 Å². The summed E-state index contributed by atoms with van der Waals surface area (Å²) in [6.07, 6.45) is 9.19. The highest BCUT2D eigenvalue weighted by molar-refractivity contribution is 14.1. The highest BCUT2D eigenvalue weighted by Gasteiger charge is 2.37. The van der Waals surface area contributed by atoms with Gasteiger partial charge in [-0.05, 0) is 71.3 Å². The molecule has 1 atom stereocenters. The summed E-state index contributed by atoms with van der Waals surface area (Å²) in [6.45, 7) is 4.48. The van der Waals surface area contributed by atoms with E-state index in [1.807, 2.05) is 67.1 Å². The number of ether oxygens (including phenoxy) is 2. The Kier molecular flexibility index (Phi) is 8.60. The topological polar surface area (TPSA) is 82.5 Å². The molecule has 190 valence electrons. The van der Waals surface area contributed by atoms with Crippen molar-refractivity contribution in [3.63, 3.8) is 0 Å². The molecule has 0 aliphatic carbocycles. The number of nitrogens with zero attached hydrogens (tertiary/aromatic N) is 2. The van der Waals surface area contributed by atoms with Gasteiger partial charge < -0.3 is 19.4 Å². The molecule has 0 saturated carbocycles. The fourth-order valence-electron chi connectivity index (χ4n) is 4.38. The zero-order chi connectivity index (χ0) is 26.4. The number of hydrogen-bond acceptors (Lipinski definition) is 6. The molecule has 1 aliphatic heterocycles. The minimum absolute atomic E-state index is 0.0989. The molecule has 0 fully saturated rings. The van der Waals surface area contributed by atoms with Crippen molar-refractivity contribution in [2.45, 2.75) is 26.3 Å². The Labute approximate surface area is 230 Å². The van der Waals surface area contributed by atoms with Crippen LogP contribution in [0.25, 0.3) is 6.08 Å². The summed E-state index contributed by atoms with van der Waals surface area (Å²) in [6, 6.07) is 15.9. The van der Waals surface area contributed by atoms with Crippen LogP contribution in [0.2, 0.25) is 0 Å². The molecule has 2 aromatic carbocycles. The average molecular weight is 609 g/mol. The molecule has 1 unspecified atom stereocenters. The molecule has 37 heavy (non-hydrogen) atoms. The first-order valence-corrected chi connectivity index (χ1v) is 12.9. The molecule has 1 aromatic heterocycles. The van der Waals surface area contributed by atoms with E-state index >= 15 is 0 Å². The summed E-state index contributed by atoms with van der Waals surface area (Å²) in [5.74, 6) is -1.56. The molecule has 2 heterocycles. The van der Waals surface area contributed by atoms with E-state index in [2.05, 4.69) is 45.0 Å². The number of benzene rings is 2. The molecule has 0 bridgehead atoms. The maximum absolute atomic E-state index is 13.3. The summed E-state index contributed by atoms with van der Waals surface area (Å²) in [7, 11) is 1.34. The van der Waals surface area contributed by atoms with Crippen LogP contribution in [0.4, 0.5) is 0 Å². The van der Waals surface area contributed by atoms with Crippen molar-refractivity contribution >= 4 is 40.6 Å². The number of carbonyl (C=O) groups is 2. The quantitative estimate of drug-likeness (QED) is 0.280. The largest absolute Gasteiger partial charge is 0.466 e. The number of carbonyl (C=O) groups excluding carboxylic acids is 2. The number of esters is 2. The fourth-order valence-corrected chi connectivity index (χ4v) is 4.94. The Morgan fingerprint density at radius 2 is 1.81 bits per heavy atom. The van der Waals surface area contributed by atoms with Crippen LogP contribution in [0, 0.1) is 3.57 Å². The molecular formula is C29H28IN3O4. The minimum Gasteiger partial charge on any atom is -0.466 e. The zero-order valence-corrected chi connectivity index (χ0v) is 23.1. The van der Waals surface area contributed by atoms with Gasteiger partial charge in [-0.2, -0.15) is 0 Å². The Hall–Kier alpha value is -3.66. The van der Waals surface area contributed by atoms with Gasteiger partial charge in [-0.15, -0.1) is 0 Å². The second kappa shape index (κ2) is 12.1. The van der Waals surface area contributed by atoms with Crippen LogP contribution in [0.1, 0.15) is 36.5 Å². The summed E-state index contributed by atoms with van der Waals surface area (Å²) in [5.41, 5.74) is 5.09. The van der Waals surface area contributed by atoms with Crippen molar-refractivity contribution in [1.82, 2.24) is 14.9 Å². The van der Waals surface area contributed by atoms with Crippen LogP contribution in [-0.2, 0) is 25.6 Å². The van der Waals surface area contributed by atoms with E-state index in [1.54, 1.807) is 18.6 Å². The van der Waals surface area contributed by atoms with Gasteiger partial charge >= 0.3 is 11.9 Å². The van der Waals surface area contributed by atoms with E-state index in [0.717, 1.165) is 21.2 Å². The Balaban J connectivity index is 1.47. The lowest BCUT2D eigenvalue weighted by atomic mass is 9.80. The van der Waals surface area contributed by atoms with Crippen LogP contribution in [-0.4, -0.2) is 35.2 Å². The number of halogens is 1. The first-order chi connectivity index (χ1) is 17.9. The number of nitrogens with one attached hydrogen (secondary N) is 1. The number of dihydropyridines is 1. The van der Waals surface area contributed by atoms with Crippen molar-refractivity contribution in [3.05, 3.63) is 116 Å². The van der Waals surface area contributed by atoms with Crippen LogP contribution < -0.4 is 5.32 Å². The summed E-state index contributed by atoms with van der Waals surface area (Å²) < 4.78 is 13.7. The number of rotatable bonds is 8. The van der Waals surface area contributed by atoms with Crippen LogP contribution in [0.15, 0.2) is 95.9 Å². The number of allylic oxidation sites excluding steroid dienone is 2. The molecule has 7 nitrogen and oxygen atoms in total. The van der Waals surface area contributed by atoms with Gasteiger partial charge in [0.05, 0.1) is 30.5 Å². The molecule has 1 aliphatic rings. The maximum atomic E-state index is 13.3. The van der Waals surface area contributed by atoms with Crippen molar-refractivity contribution in [2.24, 2.45) is 0 Å². The molecule has 0 saturated heterocycles. The van der Waals surface area contributed by atoms with E-state index in [1.165, 1.54) is 12.7 Å². The predicted molar refractivity (Wildman–Crippen MR) is 150 cm³/mol. The first-order valence-electron chi connectivity index (χ1n) is 11.8. The van der Waals surface area contributed by atoms with Crippen molar-refractivity contribution in [2.75, 3.05) is 13.7 Å². The monoisotopic (exact) mass is 609 g/mol. The van der Waals surface area contributed by atoms with E-state index in [9.17, 15) is 9.59 Å². The van der Waals surface area contributed by atoms with Crippen LogP contribution >= 0.6 is 22.6 Å². The van der Waals surface area contributed by atoms with E-state index in [4.69, 9.17) is 9.47 Å². The Bertz CT molecular complexity index is 1370. The molecule has 8 heteroatoms. The second-order valence-electron chi connectivity index (χ2n) is 8.66. The van der Waals surface area contributed by atoms with Crippen molar-refractivity contribution < 1.29 is 19.1 Å². The van der Waals surface area contributed by atoms with E-state index in [0.29, 0.717) is 22.5 Å². The number of methoxy groups -OCH3 is 1. The molecule has 0 amide bonds. The van der Waals surface area contributed by atoms with E-state index < -0.39 is 17.9 Å². The number of aromatic nitrogens is 2. The second-order valence-corrected chi connectivity index (χ2v) is 9.91. The third-order valence-electron chi connectivity index (χ3n) is 6.09. The van der Waals surface area contributed by atoms with Crippen LogP contribution in [0.3, 0.4) is 0 Å². The summed E-state index contributed by atoms with van der Waals surface area (Å²) in [4.78, 5) is 30.1. The molecular weight excluding hydrogens is 581 g/mol. The number of imidazole rings is 1.